The van der Waals surface area contributed by atoms with E-state index in [1.54, 1.807) is 48.8 Å². The van der Waals surface area contributed by atoms with Crippen molar-refractivity contribution < 1.29 is 9.59 Å². The van der Waals surface area contributed by atoms with Gasteiger partial charge in [-0.05, 0) is 55.7 Å². The Labute approximate surface area is 165 Å². The van der Waals surface area contributed by atoms with Gasteiger partial charge in [0.2, 0.25) is 0 Å². The first kappa shape index (κ1) is 18.6. The zero-order chi connectivity index (χ0) is 19.3. The molecule has 0 atom stereocenters. The number of amides is 2. The maximum atomic E-state index is 12.9. The smallest absolute Gasteiger partial charge is 0.255 e. The van der Waals surface area contributed by atoms with Gasteiger partial charge >= 0.3 is 0 Å². The molecule has 0 spiro atoms. The quantitative estimate of drug-likeness (QED) is 0.888. The molecule has 1 aromatic heterocycles. The molecule has 1 aliphatic heterocycles. The number of nitrogens with zero attached hydrogens (tertiary/aromatic N) is 3. The minimum absolute atomic E-state index is 0.0717. The minimum atomic E-state index is -0.190. The van der Waals surface area contributed by atoms with Crippen molar-refractivity contribution in [3.8, 4) is 0 Å². The Balaban J connectivity index is 1.35. The number of hydrogen-bond acceptors (Lipinski definition) is 4. The van der Waals surface area contributed by atoms with Gasteiger partial charge in [-0.25, -0.2) is 0 Å². The van der Waals surface area contributed by atoms with Crippen LogP contribution in [-0.4, -0.2) is 58.8 Å². The highest BCUT2D eigenvalue weighted by molar-refractivity contribution is 6.04. The van der Waals surface area contributed by atoms with Crippen LogP contribution in [0.4, 0.5) is 5.69 Å². The third kappa shape index (κ3) is 4.22. The van der Waals surface area contributed by atoms with Gasteiger partial charge < -0.3 is 10.2 Å². The first-order valence-corrected chi connectivity index (χ1v) is 10.1. The normalized spacial score (nSPS) is 18.2. The molecule has 2 aromatic rings. The molecule has 4 rings (SSSR count). The molecule has 6 heteroatoms. The predicted molar refractivity (Wildman–Crippen MR) is 108 cm³/mol. The lowest BCUT2D eigenvalue weighted by Crippen LogP contribution is -2.42. The van der Waals surface area contributed by atoms with Crippen molar-refractivity contribution in [1.82, 2.24) is 14.8 Å². The molecule has 0 unspecified atom stereocenters. The summed E-state index contributed by atoms with van der Waals surface area (Å²) in [5.41, 5.74) is 1.89. The average molecular weight is 378 g/mol. The molecule has 1 saturated heterocycles. The Morgan fingerprint density at radius 3 is 2.29 bits per heavy atom. The van der Waals surface area contributed by atoms with Crippen LogP contribution in [-0.2, 0) is 0 Å². The Kier molecular flexibility index (Phi) is 5.67. The fraction of sp³-hybridized carbons (Fsp3) is 0.409. The van der Waals surface area contributed by atoms with Crippen molar-refractivity contribution in [2.45, 2.75) is 31.7 Å². The van der Waals surface area contributed by atoms with E-state index in [1.165, 1.54) is 19.3 Å². The third-order valence-electron chi connectivity index (χ3n) is 5.74. The number of carbonyl (C=O) groups excluding carboxylic acids is 2. The number of aromatic nitrogens is 1. The number of anilines is 1. The number of hydrogen-bond donors (Lipinski definition) is 1. The second-order valence-electron chi connectivity index (χ2n) is 7.53. The third-order valence-corrected chi connectivity index (χ3v) is 5.74. The molecule has 1 aliphatic carbocycles. The van der Waals surface area contributed by atoms with Gasteiger partial charge in [-0.1, -0.05) is 6.42 Å². The van der Waals surface area contributed by atoms with Gasteiger partial charge in [0, 0.05) is 61.4 Å². The summed E-state index contributed by atoms with van der Waals surface area (Å²) in [5.74, 6) is -0.118. The lowest BCUT2D eigenvalue weighted by atomic mass is 9.91. The molecule has 1 saturated carbocycles. The fourth-order valence-corrected chi connectivity index (χ4v) is 3.84. The topological polar surface area (TPSA) is 65.5 Å². The van der Waals surface area contributed by atoms with Crippen LogP contribution in [0.5, 0.6) is 0 Å². The molecule has 1 N–H and O–H groups in total. The molecule has 1 aromatic carbocycles. The standard InChI is InChI=1S/C22H26N4O2/c27-21(17-9-11-23-12-10-17)24-19-7-5-18(6-8-19)22(28)26-14-2-13-25(15-16-26)20-3-1-4-20/h5-12,20H,1-4,13-16H2,(H,24,27). The molecular formula is C22H26N4O2. The van der Waals surface area contributed by atoms with E-state index >= 15 is 0 Å². The molecule has 2 fully saturated rings. The van der Waals surface area contributed by atoms with Crippen molar-refractivity contribution in [1.29, 1.82) is 0 Å². The Bertz CT molecular complexity index is 818. The van der Waals surface area contributed by atoms with Crippen LogP contribution in [0.1, 0.15) is 46.4 Å². The van der Waals surface area contributed by atoms with Gasteiger partial charge in [-0.3, -0.25) is 19.5 Å². The molecule has 0 radical (unpaired) electrons. The largest absolute Gasteiger partial charge is 0.337 e. The summed E-state index contributed by atoms with van der Waals surface area (Å²) in [7, 11) is 0. The van der Waals surface area contributed by atoms with Gasteiger partial charge in [0.25, 0.3) is 11.8 Å². The average Bonchev–Trinajstić information content (AvgIpc) is 2.93. The van der Waals surface area contributed by atoms with Gasteiger partial charge in [0.1, 0.15) is 0 Å². The van der Waals surface area contributed by atoms with Crippen molar-refractivity contribution in [3.63, 3.8) is 0 Å². The van der Waals surface area contributed by atoms with E-state index in [-0.39, 0.29) is 11.8 Å². The van der Waals surface area contributed by atoms with Crippen molar-refractivity contribution in [3.05, 3.63) is 59.9 Å². The lowest BCUT2D eigenvalue weighted by molar-refractivity contribution is 0.0749. The number of benzene rings is 1. The molecule has 2 heterocycles. The van der Waals surface area contributed by atoms with E-state index < -0.39 is 0 Å². The molecular weight excluding hydrogens is 352 g/mol. The summed E-state index contributed by atoms with van der Waals surface area (Å²) < 4.78 is 0. The summed E-state index contributed by atoms with van der Waals surface area (Å²) in [6.07, 6.45) is 8.16. The summed E-state index contributed by atoms with van der Waals surface area (Å²) in [4.78, 5) is 33.5. The van der Waals surface area contributed by atoms with Crippen LogP contribution in [0.15, 0.2) is 48.8 Å². The molecule has 28 heavy (non-hydrogen) atoms. The molecule has 0 bridgehead atoms. The molecule has 2 aliphatic rings. The van der Waals surface area contributed by atoms with Crippen LogP contribution in [0.2, 0.25) is 0 Å². The number of pyridine rings is 1. The van der Waals surface area contributed by atoms with E-state index in [4.69, 9.17) is 0 Å². The summed E-state index contributed by atoms with van der Waals surface area (Å²) >= 11 is 0. The van der Waals surface area contributed by atoms with Gasteiger partial charge in [0.05, 0.1) is 0 Å². The summed E-state index contributed by atoms with van der Waals surface area (Å²) in [6, 6.07) is 11.2. The van der Waals surface area contributed by atoms with Crippen LogP contribution >= 0.6 is 0 Å². The van der Waals surface area contributed by atoms with Crippen LogP contribution in [0.3, 0.4) is 0 Å². The highest BCUT2D eigenvalue weighted by Crippen LogP contribution is 2.25. The summed E-state index contributed by atoms with van der Waals surface area (Å²) in [6.45, 7) is 3.66. The predicted octanol–water partition coefficient (Wildman–Crippen LogP) is 3.03. The molecule has 2 amide bonds. The SMILES string of the molecule is O=C(Nc1ccc(C(=O)N2CCCN(C3CCC3)CC2)cc1)c1ccncc1. The van der Waals surface area contributed by atoms with E-state index in [1.807, 2.05) is 4.90 Å². The van der Waals surface area contributed by atoms with Crippen LogP contribution < -0.4 is 5.32 Å². The molecule has 6 nitrogen and oxygen atoms in total. The number of nitrogens with one attached hydrogen (secondary N) is 1. The van der Waals surface area contributed by atoms with E-state index in [0.717, 1.165) is 38.6 Å². The zero-order valence-electron chi connectivity index (χ0n) is 16.0. The van der Waals surface area contributed by atoms with Gasteiger partial charge in [0.15, 0.2) is 0 Å². The number of carbonyl (C=O) groups is 2. The second-order valence-corrected chi connectivity index (χ2v) is 7.53. The van der Waals surface area contributed by atoms with Crippen LogP contribution in [0, 0.1) is 0 Å². The highest BCUT2D eigenvalue weighted by Gasteiger charge is 2.28. The molecule has 146 valence electrons. The lowest BCUT2D eigenvalue weighted by Gasteiger charge is -2.36. The van der Waals surface area contributed by atoms with Gasteiger partial charge in [-0.15, -0.1) is 0 Å². The second kappa shape index (κ2) is 8.52. The maximum Gasteiger partial charge on any atom is 0.255 e. The van der Waals surface area contributed by atoms with E-state index in [9.17, 15) is 9.59 Å². The van der Waals surface area contributed by atoms with E-state index in [2.05, 4.69) is 15.2 Å². The van der Waals surface area contributed by atoms with Crippen molar-refractivity contribution in [2.24, 2.45) is 0 Å². The van der Waals surface area contributed by atoms with E-state index in [0.29, 0.717) is 16.8 Å². The van der Waals surface area contributed by atoms with Crippen molar-refractivity contribution >= 4 is 17.5 Å². The van der Waals surface area contributed by atoms with Crippen molar-refractivity contribution in [2.75, 3.05) is 31.5 Å². The zero-order valence-corrected chi connectivity index (χ0v) is 16.0. The Morgan fingerprint density at radius 1 is 0.857 bits per heavy atom. The number of rotatable bonds is 4. The maximum absolute atomic E-state index is 12.9. The van der Waals surface area contributed by atoms with Crippen LogP contribution in [0.25, 0.3) is 0 Å². The highest BCUT2D eigenvalue weighted by atomic mass is 16.2. The first-order valence-electron chi connectivity index (χ1n) is 10.1. The monoisotopic (exact) mass is 378 g/mol. The Morgan fingerprint density at radius 2 is 1.61 bits per heavy atom. The first-order chi connectivity index (χ1) is 13.7. The summed E-state index contributed by atoms with van der Waals surface area (Å²) in [5, 5.41) is 2.85. The fourth-order valence-electron chi connectivity index (χ4n) is 3.84. The minimum Gasteiger partial charge on any atom is -0.337 e. The Hall–Kier alpha value is -2.73. The van der Waals surface area contributed by atoms with Gasteiger partial charge in [-0.2, -0.15) is 0 Å².